The average Bonchev–Trinajstić information content (AvgIpc) is 3.32. The van der Waals surface area contributed by atoms with Crippen molar-refractivity contribution >= 4 is 23.0 Å². The van der Waals surface area contributed by atoms with Crippen LogP contribution in [-0.4, -0.2) is 14.7 Å². The van der Waals surface area contributed by atoms with E-state index in [0.29, 0.717) is 16.4 Å². The molecule has 0 bridgehead atoms. The van der Waals surface area contributed by atoms with Gasteiger partial charge in [0.25, 0.3) is 0 Å². The van der Waals surface area contributed by atoms with Crippen LogP contribution in [-0.2, 0) is 0 Å². The van der Waals surface area contributed by atoms with Crippen LogP contribution in [0.5, 0.6) is 0 Å². The summed E-state index contributed by atoms with van der Waals surface area (Å²) in [5.41, 5.74) is 5.47. The number of benzene rings is 2. The highest BCUT2D eigenvalue weighted by Crippen LogP contribution is 2.44. The van der Waals surface area contributed by atoms with Crippen LogP contribution >= 0.6 is 12.2 Å². The molecule has 0 aliphatic carbocycles. The van der Waals surface area contributed by atoms with Gasteiger partial charge in [0.2, 0.25) is 0 Å². The van der Waals surface area contributed by atoms with E-state index < -0.39 is 0 Å². The summed E-state index contributed by atoms with van der Waals surface area (Å²) in [6, 6.07) is 19.1. The molecule has 2 aromatic heterocycles. The molecule has 4 nitrogen and oxygen atoms in total. The van der Waals surface area contributed by atoms with E-state index >= 15 is 0 Å². The number of anilines is 1. The molecule has 34 heavy (non-hydrogen) atoms. The first kappa shape index (κ1) is 22.2. The number of halogens is 2. The van der Waals surface area contributed by atoms with Crippen LogP contribution in [0.4, 0.5) is 14.5 Å². The molecule has 1 aliphatic rings. The topological polar surface area (TPSA) is 33.1 Å². The quantitative estimate of drug-likeness (QED) is 0.354. The molecule has 1 N–H and O–H groups in total. The summed E-state index contributed by atoms with van der Waals surface area (Å²) in [5.74, 6) is -0.555. The lowest BCUT2D eigenvalue weighted by Gasteiger charge is -2.28. The van der Waals surface area contributed by atoms with Crippen LogP contribution in [0, 0.1) is 32.4 Å². The highest BCUT2D eigenvalue weighted by atomic mass is 32.1. The van der Waals surface area contributed by atoms with Crippen LogP contribution in [0.3, 0.4) is 0 Å². The summed E-state index contributed by atoms with van der Waals surface area (Å²) in [6.07, 6.45) is 1.75. The Morgan fingerprint density at radius 3 is 2.38 bits per heavy atom. The van der Waals surface area contributed by atoms with Crippen LogP contribution in [0.25, 0.3) is 5.69 Å². The second-order valence-electron chi connectivity index (χ2n) is 8.54. The van der Waals surface area contributed by atoms with E-state index in [4.69, 9.17) is 12.2 Å². The van der Waals surface area contributed by atoms with Crippen molar-refractivity contribution in [3.63, 3.8) is 0 Å². The molecule has 1 fully saturated rings. The van der Waals surface area contributed by atoms with Crippen molar-refractivity contribution in [3.8, 4) is 5.69 Å². The Morgan fingerprint density at radius 2 is 1.68 bits per heavy atom. The van der Waals surface area contributed by atoms with E-state index in [-0.39, 0.29) is 23.7 Å². The lowest BCUT2D eigenvalue weighted by atomic mass is 9.96. The standard InChI is InChI=1S/C27H24F2N4S/c1-16-14-19(11-12-21(16)28)33-26(25(31-27(33)34)23-9-6-7-13-30-23)20-15-17(2)32(18(20)3)24-10-5-4-8-22(24)29/h4-15,25-26H,1-3H3,(H,31,34)/t25-,26+/m1/s1. The minimum Gasteiger partial charge on any atom is -0.351 e. The maximum atomic E-state index is 14.7. The number of rotatable bonds is 4. The highest BCUT2D eigenvalue weighted by Gasteiger charge is 2.42. The third-order valence-electron chi connectivity index (χ3n) is 6.40. The molecule has 0 spiro atoms. The number of nitrogens with one attached hydrogen (secondary N) is 1. The third kappa shape index (κ3) is 3.66. The number of aryl methyl sites for hydroxylation is 2. The first-order valence-electron chi connectivity index (χ1n) is 11.1. The summed E-state index contributed by atoms with van der Waals surface area (Å²) in [7, 11) is 0. The number of para-hydroxylation sites is 1. The van der Waals surface area contributed by atoms with Crippen molar-refractivity contribution in [3.05, 3.63) is 113 Å². The molecule has 0 unspecified atom stereocenters. The van der Waals surface area contributed by atoms with Crippen LogP contribution in [0.1, 0.15) is 40.3 Å². The van der Waals surface area contributed by atoms with Crippen molar-refractivity contribution in [2.75, 3.05) is 4.90 Å². The van der Waals surface area contributed by atoms with Gasteiger partial charge < -0.3 is 14.8 Å². The van der Waals surface area contributed by atoms with Gasteiger partial charge >= 0.3 is 0 Å². The van der Waals surface area contributed by atoms with Crippen molar-refractivity contribution in [1.82, 2.24) is 14.9 Å². The number of thiocarbonyl (C=S) groups is 1. The predicted octanol–water partition coefficient (Wildman–Crippen LogP) is 6.25. The second kappa shape index (κ2) is 8.65. The molecule has 2 aromatic carbocycles. The highest BCUT2D eigenvalue weighted by molar-refractivity contribution is 7.80. The van der Waals surface area contributed by atoms with Gasteiger partial charge in [-0.1, -0.05) is 18.2 Å². The summed E-state index contributed by atoms with van der Waals surface area (Å²) < 4.78 is 30.7. The molecule has 2 atom stereocenters. The Labute approximate surface area is 202 Å². The second-order valence-corrected chi connectivity index (χ2v) is 8.93. The van der Waals surface area contributed by atoms with E-state index in [1.54, 1.807) is 37.4 Å². The fourth-order valence-electron chi connectivity index (χ4n) is 4.82. The SMILES string of the molecule is Cc1cc(N2C(=S)N[C@H](c3ccccn3)[C@@H]2c2cc(C)n(-c3ccccc3F)c2C)ccc1F. The summed E-state index contributed by atoms with van der Waals surface area (Å²) in [4.78, 5) is 6.59. The number of nitrogens with zero attached hydrogens (tertiary/aromatic N) is 3. The molecular formula is C27H24F2N4S. The molecule has 0 saturated carbocycles. The van der Waals surface area contributed by atoms with Crippen LogP contribution in [0.2, 0.25) is 0 Å². The van der Waals surface area contributed by atoms with Gasteiger partial charge in [-0.15, -0.1) is 0 Å². The van der Waals surface area contributed by atoms with E-state index in [0.717, 1.165) is 28.3 Å². The lowest BCUT2D eigenvalue weighted by molar-refractivity contribution is 0.564. The van der Waals surface area contributed by atoms with E-state index in [9.17, 15) is 8.78 Å². The van der Waals surface area contributed by atoms with Gasteiger partial charge in [-0.2, -0.15) is 0 Å². The molecule has 7 heteroatoms. The molecule has 3 heterocycles. The smallest absolute Gasteiger partial charge is 0.174 e. The molecule has 0 amide bonds. The molecule has 1 saturated heterocycles. The average molecular weight is 475 g/mol. The van der Waals surface area contributed by atoms with Crippen molar-refractivity contribution < 1.29 is 8.78 Å². The predicted molar refractivity (Wildman–Crippen MR) is 134 cm³/mol. The van der Waals surface area contributed by atoms with Crippen LogP contribution < -0.4 is 10.2 Å². The number of hydrogen-bond acceptors (Lipinski definition) is 2. The molecule has 0 radical (unpaired) electrons. The minimum atomic E-state index is -0.289. The van der Waals surface area contributed by atoms with E-state index in [2.05, 4.69) is 16.4 Å². The Hall–Kier alpha value is -3.58. The van der Waals surface area contributed by atoms with E-state index in [1.807, 2.05) is 47.6 Å². The zero-order chi connectivity index (χ0) is 24.0. The fraction of sp³-hybridized carbons (Fsp3) is 0.185. The minimum absolute atomic E-state index is 0.242. The molecule has 5 rings (SSSR count). The molecule has 172 valence electrons. The van der Waals surface area contributed by atoms with Crippen molar-refractivity contribution in [2.24, 2.45) is 0 Å². The van der Waals surface area contributed by atoms with Gasteiger partial charge in [0.1, 0.15) is 11.6 Å². The molecule has 4 aromatic rings. The monoisotopic (exact) mass is 474 g/mol. The third-order valence-corrected chi connectivity index (χ3v) is 6.71. The first-order valence-corrected chi connectivity index (χ1v) is 11.5. The van der Waals surface area contributed by atoms with Crippen molar-refractivity contribution in [1.29, 1.82) is 0 Å². The Bertz CT molecular complexity index is 1380. The Balaban J connectivity index is 1.70. The fourth-order valence-corrected chi connectivity index (χ4v) is 5.16. The largest absolute Gasteiger partial charge is 0.351 e. The van der Waals surface area contributed by atoms with Crippen LogP contribution in [0.15, 0.2) is 72.9 Å². The summed E-state index contributed by atoms with van der Waals surface area (Å²) in [6.45, 7) is 5.69. The number of hydrogen-bond donors (Lipinski definition) is 1. The number of pyridine rings is 1. The van der Waals surface area contributed by atoms with Gasteiger partial charge in [0.05, 0.1) is 23.5 Å². The normalized spacial score (nSPS) is 17.8. The maximum absolute atomic E-state index is 14.7. The van der Waals surface area contributed by atoms with Gasteiger partial charge in [0.15, 0.2) is 5.11 Å². The lowest BCUT2D eigenvalue weighted by Crippen LogP contribution is -2.29. The zero-order valence-electron chi connectivity index (χ0n) is 19.1. The zero-order valence-corrected chi connectivity index (χ0v) is 19.9. The van der Waals surface area contributed by atoms with Gasteiger partial charge in [-0.05, 0) is 92.6 Å². The van der Waals surface area contributed by atoms with Gasteiger partial charge in [0, 0.05) is 23.3 Å². The maximum Gasteiger partial charge on any atom is 0.174 e. The summed E-state index contributed by atoms with van der Waals surface area (Å²) >= 11 is 5.78. The van der Waals surface area contributed by atoms with E-state index in [1.165, 1.54) is 12.1 Å². The number of aromatic nitrogens is 2. The molecular weight excluding hydrogens is 450 g/mol. The Morgan fingerprint density at radius 1 is 0.912 bits per heavy atom. The van der Waals surface area contributed by atoms with Crippen molar-refractivity contribution in [2.45, 2.75) is 32.9 Å². The molecule has 1 aliphatic heterocycles. The summed E-state index contributed by atoms with van der Waals surface area (Å²) in [5, 5.41) is 3.96. The Kier molecular flexibility index (Phi) is 5.65. The first-order chi connectivity index (χ1) is 16.4. The van der Waals surface area contributed by atoms with Gasteiger partial charge in [-0.3, -0.25) is 4.98 Å². The van der Waals surface area contributed by atoms with Gasteiger partial charge in [-0.25, -0.2) is 8.78 Å².